The monoisotopic (exact) mass is 398 g/mol. The average Bonchev–Trinajstić information content (AvgIpc) is 3.10. The second kappa shape index (κ2) is 8.38. The highest BCUT2D eigenvalue weighted by Gasteiger charge is 2.40. The van der Waals surface area contributed by atoms with Gasteiger partial charge in [-0.2, -0.15) is 5.10 Å². The molecular weight excluding hydrogens is 380 g/mol. The quantitative estimate of drug-likeness (QED) is 0.290. The molecule has 0 aliphatic carbocycles. The topological polar surface area (TPSA) is 143 Å². The molecule has 1 aliphatic rings. The van der Waals surface area contributed by atoms with Gasteiger partial charge in [0.2, 0.25) is 11.7 Å². The van der Waals surface area contributed by atoms with Crippen LogP contribution in [-0.4, -0.2) is 41.7 Å². The Bertz CT molecular complexity index is 976. The number of benzene rings is 2. The molecule has 0 unspecified atom stereocenters. The lowest BCUT2D eigenvalue weighted by Gasteiger charge is -2.15. The summed E-state index contributed by atoms with van der Waals surface area (Å²) in [5.74, 6) is -2.97. The van der Waals surface area contributed by atoms with Gasteiger partial charge in [0.1, 0.15) is 5.92 Å². The number of hydrazone groups is 1. The molecule has 2 aromatic carbocycles. The van der Waals surface area contributed by atoms with Gasteiger partial charge in [0.05, 0.1) is 18.2 Å². The Morgan fingerprint density at radius 3 is 2.76 bits per heavy atom. The van der Waals surface area contributed by atoms with Gasteiger partial charge in [0, 0.05) is 24.1 Å². The standard InChI is InChI=1S/C19H18N4O6/c1-29-15-8-11(7-14(17(15)24)23(27)28)9-21-22-19(26)16-13(10-20-18(16)25)12-5-3-2-4-6-12/h2-9,13,16,24H,10H2,1H3,(H,20,25)(H,22,26)/b21-9+/t13-,16+/m1/s1. The van der Waals surface area contributed by atoms with E-state index in [1.165, 1.54) is 13.2 Å². The van der Waals surface area contributed by atoms with E-state index in [4.69, 9.17) is 4.74 Å². The molecule has 1 saturated heterocycles. The van der Waals surface area contributed by atoms with E-state index in [0.29, 0.717) is 6.54 Å². The number of phenols is 1. The van der Waals surface area contributed by atoms with Crippen molar-refractivity contribution in [1.82, 2.24) is 10.7 Å². The van der Waals surface area contributed by atoms with Crippen molar-refractivity contribution >= 4 is 23.7 Å². The zero-order valence-corrected chi connectivity index (χ0v) is 15.4. The molecule has 2 atom stereocenters. The number of hydrogen-bond acceptors (Lipinski definition) is 7. The van der Waals surface area contributed by atoms with Crippen LogP contribution in [0.15, 0.2) is 47.6 Å². The van der Waals surface area contributed by atoms with E-state index in [-0.39, 0.29) is 17.2 Å². The van der Waals surface area contributed by atoms with Crippen LogP contribution in [0.5, 0.6) is 11.5 Å². The zero-order valence-electron chi connectivity index (χ0n) is 15.4. The molecule has 150 valence electrons. The maximum atomic E-state index is 12.5. The fourth-order valence-electron chi connectivity index (χ4n) is 3.16. The largest absolute Gasteiger partial charge is 0.500 e. The molecule has 0 spiro atoms. The van der Waals surface area contributed by atoms with Gasteiger partial charge in [0.15, 0.2) is 5.75 Å². The molecule has 2 amide bonds. The normalized spacial score (nSPS) is 18.4. The molecule has 0 aromatic heterocycles. The van der Waals surface area contributed by atoms with Crippen LogP contribution in [0.25, 0.3) is 0 Å². The third-order valence-corrected chi connectivity index (χ3v) is 4.57. The van der Waals surface area contributed by atoms with E-state index in [1.54, 1.807) is 0 Å². The van der Waals surface area contributed by atoms with Crippen molar-refractivity contribution in [2.24, 2.45) is 11.0 Å². The number of carbonyl (C=O) groups excluding carboxylic acids is 2. The van der Waals surface area contributed by atoms with Gasteiger partial charge in [-0.25, -0.2) is 5.43 Å². The number of phenolic OH excluding ortho intramolecular Hbond substituents is 1. The van der Waals surface area contributed by atoms with Crippen LogP contribution < -0.4 is 15.5 Å². The Morgan fingerprint density at radius 2 is 2.10 bits per heavy atom. The van der Waals surface area contributed by atoms with E-state index in [2.05, 4.69) is 15.8 Å². The second-order valence-corrected chi connectivity index (χ2v) is 6.32. The van der Waals surface area contributed by atoms with Crippen LogP contribution in [0.2, 0.25) is 0 Å². The molecule has 3 rings (SSSR count). The average molecular weight is 398 g/mol. The number of nitrogens with zero attached hydrogens (tertiary/aromatic N) is 2. The summed E-state index contributed by atoms with van der Waals surface area (Å²) in [5, 5.41) is 27.3. The van der Waals surface area contributed by atoms with Gasteiger partial charge in [-0.05, 0) is 11.6 Å². The van der Waals surface area contributed by atoms with Gasteiger partial charge in [-0.1, -0.05) is 30.3 Å². The summed E-state index contributed by atoms with van der Waals surface area (Å²) < 4.78 is 4.91. The first-order valence-electron chi connectivity index (χ1n) is 8.63. The lowest BCUT2D eigenvalue weighted by molar-refractivity contribution is -0.386. The fourth-order valence-corrected chi connectivity index (χ4v) is 3.16. The number of rotatable bonds is 6. The van der Waals surface area contributed by atoms with Crippen LogP contribution in [-0.2, 0) is 9.59 Å². The number of ether oxygens (including phenoxy) is 1. The zero-order chi connectivity index (χ0) is 21.0. The highest BCUT2D eigenvalue weighted by Crippen LogP contribution is 2.36. The lowest BCUT2D eigenvalue weighted by Crippen LogP contribution is -2.34. The minimum absolute atomic E-state index is 0.105. The first kappa shape index (κ1) is 19.8. The van der Waals surface area contributed by atoms with Gasteiger partial charge in [0.25, 0.3) is 5.91 Å². The first-order chi connectivity index (χ1) is 13.9. The van der Waals surface area contributed by atoms with Gasteiger partial charge in [-0.15, -0.1) is 0 Å². The summed E-state index contributed by atoms with van der Waals surface area (Å²) in [6.07, 6.45) is 1.16. The summed E-state index contributed by atoms with van der Waals surface area (Å²) in [4.78, 5) is 34.9. The predicted molar refractivity (Wildman–Crippen MR) is 103 cm³/mol. The molecule has 0 saturated carbocycles. The number of nitro groups is 1. The molecule has 10 nitrogen and oxygen atoms in total. The Hall–Kier alpha value is -3.95. The van der Waals surface area contributed by atoms with Crippen LogP contribution in [0.1, 0.15) is 17.0 Å². The molecule has 1 aliphatic heterocycles. The van der Waals surface area contributed by atoms with Gasteiger partial charge >= 0.3 is 5.69 Å². The number of methoxy groups -OCH3 is 1. The number of nitrogens with one attached hydrogen (secondary N) is 2. The van der Waals surface area contributed by atoms with E-state index in [0.717, 1.165) is 17.8 Å². The van der Waals surface area contributed by atoms with Crippen LogP contribution in [0.3, 0.4) is 0 Å². The second-order valence-electron chi connectivity index (χ2n) is 6.32. The number of nitro benzene ring substituents is 1. The summed E-state index contributed by atoms with van der Waals surface area (Å²) in [7, 11) is 1.25. The van der Waals surface area contributed by atoms with Crippen LogP contribution in [0, 0.1) is 16.0 Å². The third kappa shape index (κ3) is 4.15. The fraction of sp³-hybridized carbons (Fsp3) is 0.211. The van der Waals surface area contributed by atoms with Crippen molar-refractivity contribution in [1.29, 1.82) is 0 Å². The third-order valence-electron chi connectivity index (χ3n) is 4.57. The maximum Gasteiger partial charge on any atom is 0.315 e. The summed E-state index contributed by atoms with van der Waals surface area (Å²) in [6, 6.07) is 11.6. The summed E-state index contributed by atoms with van der Waals surface area (Å²) >= 11 is 0. The first-order valence-corrected chi connectivity index (χ1v) is 8.63. The number of amides is 2. The minimum Gasteiger partial charge on any atom is -0.500 e. The van der Waals surface area contributed by atoms with Crippen molar-refractivity contribution in [2.45, 2.75) is 5.92 Å². The molecule has 2 aromatic rings. The molecule has 3 N–H and O–H groups in total. The minimum atomic E-state index is -0.946. The number of aromatic hydroxyl groups is 1. The van der Waals surface area contributed by atoms with Crippen molar-refractivity contribution in [2.75, 3.05) is 13.7 Å². The van der Waals surface area contributed by atoms with E-state index in [9.17, 15) is 24.8 Å². The number of hydrogen-bond donors (Lipinski definition) is 3. The maximum absolute atomic E-state index is 12.5. The molecular formula is C19H18N4O6. The van der Waals surface area contributed by atoms with Crippen molar-refractivity contribution < 1.29 is 24.4 Å². The highest BCUT2D eigenvalue weighted by atomic mass is 16.6. The Kier molecular flexibility index (Phi) is 5.72. The molecule has 1 heterocycles. The summed E-state index contributed by atoms with van der Waals surface area (Å²) in [5.41, 5.74) is 2.82. The van der Waals surface area contributed by atoms with Crippen LogP contribution >= 0.6 is 0 Å². The number of carbonyl (C=O) groups is 2. The predicted octanol–water partition coefficient (Wildman–Crippen LogP) is 1.29. The van der Waals surface area contributed by atoms with Gasteiger partial charge < -0.3 is 15.2 Å². The van der Waals surface area contributed by atoms with E-state index in [1.807, 2.05) is 30.3 Å². The van der Waals surface area contributed by atoms with Crippen molar-refractivity contribution in [3.8, 4) is 11.5 Å². The molecule has 0 bridgehead atoms. The van der Waals surface area contributed by atoms with Crippen LogP contribution in [0.4, 0.5) is 5.69 Å². The van der Waals surface area contributed by atoms with E-state index >= 15 is 0 Å². The van der Waals surface area contributed by atoms with E-state index < -0.39 is 34.1 Å². The molecule has 0 radical (unpaired) electrons. The molecule has 10 heteroatoms. The summed E-state index contributed by atoms with van der Waals surface area (Å²) in [6.45, 7) is 0.339. The molecule has 1 fully saturated rings. The smallest absolute Gasteiger partial charge is 0.315 e. The Balaban J connectivity index is 1.76. The molecule has 29 heavy (non-hydrogen) atoms. The lowest BCUT2D eigenvalue weighted by atomic mass is 9.88. The van der Waals surface area contributed by atoms with Crippen molar-refractivity contribution in [3.63, 3.8) is 0 Å². The highest BCUT2D eigenvalue weighted by molar-refractivity contribution is 6.03. The Morgan fingerprint density at radius 1 is 1.38 bits per heavy atom. The van der Waals surface area contributed by atoms with Crippen molar-refractivity contribution in [3.05, 3.63) is 63.7 Å². The van der Waals surface area contributed by atoms with Gasteiger partial charge in [-0.3, -0.25) is 19.7 Å². The Labute approximate surface area is 165 Å². The SMILES string of the molecule is COc1cc(/C=N/NC(=O)[C@@H]2C(=O)NC[C@@H]2c2ccccc2)cc([N+](=O)[O-])c1O.